The average Bonchev–Trinajstić information content (AvgIpc) is 2.42. The summed E-state index contributed by atoms with van der Waals surface area (Å²) >= 11 is 9.31. The number of halogens is 2. The van der Waals surface area contributed by atoms with Gasteiger partial charge < -0.3 is 0 Å². The molecule has 2 rings (SSSR count). The zero-order valence-corrected chi connectivity index (χ0v) is 13.1. The van der Waals surface area contributed by atoms with Gasteiger partial charge in [0.25, 0.3) is 0 Å². The van der Waals surface area contributed by atoms with E-state index >= 15 is 0 Å². The summed E-state index contributed by atoms with van der Waals surface area (Å²) in [5.41, 5.74) is 2.16. The van der Waals surface area contributed by atoms with Crippen LogP contribution in [0.3, 0.4) is 0 Å². The van der Waals surface area contributed by atoms with Crippen molar-refractivity contribution in [1.82, 2.24) is 0 Å². The van der Waals surface area contributed by atoms with Crippen LogP contribution in [-0.4, -0.2) is 5.78 Å². The Morgan fingerprint density at radius 1 is 1.30 bits per heavy atom. The summed E-state index contributed by atoms with van der Waals surface area (Å²) in [6, 6.07) is 14.2. The molecule has 0 amide bonds. The van der Waals surface area contributed by atoms with E-state index in [2.05, 4.69) is 22.0 Å². The number of ketones is 1. The van der Waals surface area contributed by atoms with Crippen molar-refractivity contribution >= 4 is 33.3 Å². The van der Waals surface area contributed by atoms with Crippen LogP contribution in [0.1, 0.15) is 27.4 Å². The number of benzene rings is 2. The molecule has 0 spiro atoms. The number of hydrogen-bond donors (Lipinski definition) is 0. The average molecular weight is 349 g/mol. The Hall–Kier alpha value is -1.63. The lowest BCUT2D eigenvalue weighted by Gasteiger charge is -2.10. The smallest absolute Gasteiger partial charge is 0.184 e. The second-order valence-corrected chi connectivity index (χ2v) is 5.74. The first-order chi connectivity index (χ1) is 9.52. The van der Waals surface area contributed by atoms with Crippen LogP contribution in [0, 0.1) is 18.3 Å². The molecule has 0 saturated heterocycles. The first-order valence-corrected chi connectivity index (χ1v) is 7.15. The molecule has 0 saturated carbocycles. The second kappa shape index (κ2) is 6.21. The maximum atomic E-state index is 12.5. The molecule has 20 heavy (non-hydrogen) atoms. The van der Waals surface area contributed by atoms with Gasteiger partial charge in [0.2, 0.25) is 0 Å². The van der Waals surface area contributed by atoms with Crippen molar-refractivity contribution in [3.8, 4) is 6.07 Å². The van der Waals surface area contributed by atoms with Crippen molar-refractivity contribution in [3.05, 3.63) is 68.7 Å². The number of carbonyl (C=O) groups excluding carboxylic acids is 1. The third kappa shape index (κ3) is 3.09. The second-order valence-electron chi connectivity index (χ2n) is 4.45. The Balaban J connectivity index is 2.39. The van der Waals surface area contributed by atoms with E-state index in [1.54, 1.807) is 36.4 Å². The van der Waals surface area contributed by atoms with Gasteiger partial charge in [-0.15, -0.1) is 0 Å². The van der Waals surface area contributed by atoms with Crippen LogP contribution in [0.2, 0.25) is 5.02 Å². The van der Waals surface area contributed by atoms with Crippen LogP contribution in [0.15, 0.2) is 46.9 Å². The number of carbonyl (C=O) groups is 1. The minimum atomic E-state index is -0.844. The van der Waals surface area contributed by atoms with Crippen LogP contribution < -0.4 is 0 Å². The molecule has 0 aliphatic heterocycles. The quantitative estimate of drug-likeness (QED) is 0.740. The van der Waals surface area contributed by atoms with Gasteiger partial charge in [-0.25, -0.2) is 0 Å². The third-order valence-corrected chi connectivity index (χ3v) is 4.12. The summed E-state index contributed by atoms with van der Waals surface area (Å²) < 4.78 is 0.853. The maximum absolute atomic E-state index is 12.5. The zero-order chi connectivity index (χ0) is 14.7. The zero-order valence-electron chi connectivity index (χ0n) is 10.7. The minimum Gasteiger partial charge on any atom is -0.292 e. The molecule has 4 heteroatoms. The number of aryl methyl sites for hydroxylation is 1. The van der Waals surface area contributed by atoms with Crippen molar-refractivity contribution < 1.29 is 4.79 Å². The molecule has 0 heterocycles. The van der Waals surface area contributed by atoms with Crippen molar-refractivity contribution in [2.24, 2.45) is 0 Å². The first kappa shape index (κ1) is 14.8. The van der Waals surface area contributed by atoms with Crippen LogP contribution in [0.5, 0.6) is 0 Å². The molecular formula is C16H11BrClNO. The highest BCUT2D eigenvalue weighted by atomic mass is 79.9. The van der Waals surface area contributed by atoms with Gasteiger partial charge in [-0.3, -0.25) is 4.79 Å². The maximum Gasteiger partial charge on any atom is 0.184 e. The highest BCUT2D eigenvalue weighted by Gasteiger charge is 2.22. The molecule has 0 bridgehead atoms. The Labute approximate surface area is 131 Å². The monoisotopic (exact) mass is 347 g/mol. The molecule has 2 nitrogen and oxygen atoms in total. The first-order valence-electron chi connectivity index (χ1n) is 5.98. The van der Waals surface area contributed by atoms with E-state index in [9.17, 15) is 10.1 Å². The fourth-order valence-electron chi connectivity index (χ4n) is 1.88. The van der Waals surface area contributed by atoms with Crippen molar-refractivity contribution in [3.63, 3.8) is 0 Å². The summed E-state index contributed by atoms with van der Waals surface area (Å²) in [7, 11) is 0. The predicted molar refractivity (Wildman–Crippen MR) is 83.0 cm³/mol. The molecule has 0 fully saturated rings. The number of nitriles is 1. The van der Waals surface area contributed by atoms with Gasteiger partial charge in [0.15, 0.2) is 5.78 Å². The Morgan fingerprint density at radius 2 is 2.05 bits per heavy atom. The van der Waals surface area contributed by atoms with Crippen LogP contribution >= 0.6 is 27.5 Å². The summed E-state index contributed by atoms with van der Waals surface area (Å²) in [5, 5.41) is 9.81. The van der Waals surface area contributed by atoms with E-state index in [-0.39, 0.29) is 5.78 Å². The highest BCUT2D eigenvalue weighted by molar-refractivity contribution is 9.10. The van der Waals surface area contributed by atoms with E-state index < -0.39 is 5.92 Å². The van der Waals surface area contributed by atoms with Crippen LogP contribution in [0.25, 0.3) is 0 Å². The van der Waals surface area contributed by atoms with Crippen molar-refractivity contribution in [2.75, 3.05) is 0 Å². The molecule has 1 atom stereocenters. The molecule has 0 aliphatic carbocycles. The number of rotatable bonds is 3. The fourth-order valence-corrected chi connectivity index (χ4v) is 2.46. The lowest BCUT2D eigenvalue weighted by Crippen LogP contribution is -2.11. The molecular weight excluding hydrogens is 338 g/mol. The molecule has 0 aromatic heterocycles. The molecule has 0 radical (unpaired) electrons. The molecule has 0 aliphatic rings. The van der Waals surface area contributed by atoms with Crippen molar-refractivity contribution in [2.45, 2.75) is 12.8 Å². The van der Waals surface area contributed by atoms with Crippen LogP contribution in [-0.2, 0) is 0 Å². The topological polar surface area (TPSA) is 40.9 Å². The summed E-state index contributed by atoms with van der Waals surface area (Å²) in [5.74, 6) is -1.07. The lowest BCUT2D eigenvalue weighted by molar-refractivity contribution is 0.0979. The Kier molecular flexibility index (Phi) is 4.59. The van der Waals surface area contributed by atoms with Gasteiger partial charge in [0, 0.05) is 15.1 Å². The highest BCUT2D eigenvalue weighted by Crippen LogP contribution is 2.25. The van der Waals surface area contributed by atoms with Gasteiger partial charge in [0.05, 0.1) is 6.07 Å². The Morgan fingerprint density at radius 3 is 2.65 bits per heavy atom. The van der Waals surface area contributed by atoms with E-state index in [4.69, 9.17) is 11.6 Å². The minimum absolute atomic E-state index is 0.226. The van der Waals surface area contributed by atoms with Crippen LogP contribution in [0.4, 0.5) is 0 Å². The largest absolute Gasteiger partial charge is 0.292 e. The summed E-state index contributed by atoms with van der Waals surface area (Å²) in [4.78, 5) is 12.5. The fraction of sp³-hybridized carbons (Fsp3) is 0.125. The van der Waals surface area contributed by atoms with Gasteiger partial charge in [-0.1, -0.05) is 51.8 Å². The van der Waals surface area contributed by atoms with Gasteiger partial charge in [-0.05, 0) is 36.2 Å². The number of nitrogens with zero attached hydrogens (tertiary/aromatic N) is 1. The summed E-state index contributed by atoms with van der Waals surface area (Å²) in [6.07, 6.45) is 0. The van der Waals surface area contributed by atoms with E-state index in [0.29, 0.717) is 16.1 Å². The normalized spacial score (nSPS) is 11.7. The van der Waals surface area contributed by atoms with E-state index in [0.717, 1.165) is 10.0 Å². The molecule has 0 N–H and O–H groups in total. The summed E-state index contributed by atoms with van der Waals surface area (Å²) in [6.45, 7) is 1.94. The molecule has 1 unspecified atom stereocenters. The van der Waals surface area contributed by atoms with Crippen molar-refractivity contribution in [1.29, 1.82) is 5.26 Å². The standard InChI is InChI=1S/C16H11BrClNO/c1-10-5-6-12(8-15(10)17)16(20)14(9-19)11-3-2-4-13(18)7-11/h2-8,14H,1H3. The Bertz CT molecular complexity index is 706. The number of Topliss-reactive ketones (excluding diaryl/α,β-unsaturated/α-hetero) is 1. The van der Waals surface area contributed by atoms with Gasteiger partial charge >= 0.3 is 0 Å². The lowest BCUT2D eigenvalue weighted by atomic mass is 9.91. The molecule has 2 aromatic carbocycles. The molecule has 2 aromatic rings. The number of hydrogen-bond acceptors (Lipinski definition) is 2. The molecule has 100 valence electrons. The predicted octanol–water partition coefficient (Wildman–Crippen LogP) is 4.90. The third-order valence-electron chi connectivity index (χ3n) is 3.03. The van der Waals surface area contributed by atoms with Gasteiger partial charge in [0.1, 0.15) is 5.92 Å². The van der Waals surface area contributed by atoms with E-state index in [1.165, 1.54) is 0 Å². The SMILES string of the molecule is Cc1ccc(C(=O)C(C#N)c2cccc(Cl)c2)cc1Br. The van der Waals surface area contributed by atoms with E-state index in [1.807, 2.05) is 13.0 Å². The van der Waals surface area contributed by atoms with Gasteiger partial charge in [-0.2, -0.15) is 5.26 Å².